The van der Waals surface area contributed by atoms with Crippen LogP contribution in [0.2, 0.25) is 0 Å². The summed E-state index contributed by atoms with van der Waals surface area (Å²) in [6.45, 7) is 10.1. The molecule has 0 bridgehead atoms. The maximum Gasteiger partial charge on any atom is 0.339 e. The number of aryl methyl sites for hydroxylation is 2. The molecule has 0 atom stereocenters. The number of pyridine rings is 1. The van der Waals surface area contributed by atoms with Gasteiger partial charge < -0.3 is 10.4 Å². The van der Waals surface area contributed by atoms with Crippen LogP contribution in [0.1, 0.15) is 48.0 Å². The molecule has 0 aliphatic heterocycles. The van der Waals surface area contributed by atoms with Crippen molar-refractivity contribution in [1.82, 2.24) is 14.8 Å². The summed E-state index contributed by atoms with van der Waals surface area (Å²) >= 11 is 0. The summed E-state index contributed by atoms with van der Waals surface area (Å²) < 4.78 is 15.2. The maximum absolute atomic E-state index is 13.5. The van der Waals surface area contributed by atoms with Gasteiger partial charge in [0.15, 0.2) is 0 Å². The van der Waals surface area contributed by atoms with Crippen molar-refractivity contribution in [1.29, 1.82) is 0 Å². The smallest absolute Gasteiger partial charge is 0.339 e. The molecule has 2 heterocycles. The van der Waals surface area contributed by atoms with Gasteiger partial charge in [0, 0.05) is 11.5 Å². The largest absolute Gasteiger partial charge is 0.478 e. The topological polar surface area (TPSA) is 80.0 Å². The Kier molecular flexibility index (Phi) is 4.93. The highest BCUT2D eigenvalue weighted by Crippen LogP contribution is 2.31. The maximum atomic E-state index is 13.5. The lowest BCUT2D eigenvalue weighted by Crippen LogP contribution is -2.13. The molecule has 3 aromatic rings. The monoisotopic (exact) mass is 382 g/mol. The number of halogens is 1. The lowest BCUT2D eigenvalue weighted by atomic mass is 9.92. The van der Waals surface area contributed by atoms with E-state index < -0.39 is 11.8 Å². The first-order valence-corrected chi connectivity index (χ1v) is 8.91. The van der Waals surface area contributed by atoms with Gasteiger partial charge in [-0.05, 0) is 31.0 Å². The van der Waals surface area contributed by atoms with Crippen LogP contribution in [0.15, 0.2) is 36.5 Å². The number of carboxylic acid groups (broad SMARTS) is 1. The molecule has 0 saturated heterocycles. The second kappa shape index (κ2) is 7.07. The molecular weight excluding hydrogens is 359 g/mol. The molecule has 0 fully saturated rings. The van der Waals surface area contributed by atoms with Gasteiger partial charge in [0.05, 0.1) is 17.6 Å². The standard InChI is InChI=1S/C21H23FN4O2/c1-12-7-6-8-13(2)18(12)26-17(10-16(25-26)21(3,4)5)24-19-15(20(27)28)9-14(22)11-23-19/h6-11H,1-5H3,(H,23,24)(H,27,28). The molecule has 6 nitrogen and oxygen atoms in total. The summed E-state index contributed by atoms with van der Waals surface area (Å²) in [6.07, 6.45) is 0.985. The zero-order valence-electron chi connectivity index (χ0n) is 16.5. The molecule has 3 rings (SSSR count). The van der Waals surface area contributed by atoms with Gasteiger partial charge >= 0.3 is 5.97 Å². The number of carboxylic acids is 1. The number of hydrogen-bond donors (Lipinski definition) is 2. The number of hydrogen-bond acceptors (Lipinski definition) is 4. The Morgan fingerprint density at radius 1 is 1.18 bits per heavy atom. The lowest BCUT2D eigenvalue weighted by molar-refractivity contribution is 0.0697. The van der Waals surface area contributed by atoms with Crippen molar-refractivity contribution in [2.45, 2.75) is 40.0 Å². The molecule has 2 N–H and O–H groups in total. The highest BCUT2D eigenvalue weighted by atomic mass is 19.1. The van der Waals surface area contributed by atoms with E-state index in [-0.39, 0.29) is 16.8 Å². The number of rotatable bonds is 4. The molecule has 0 aliphatic carbocycles. The van der Waals surface area contributed by atoms with Gasteiger partial charge in [-0.3, -0.25) is 0 Å². The fraction of sp³-hybridized carbons (Fsp3) is 0.286. The summed E-state index contributed by atoms with van der Waals surface area (Å²) in [6, 6.07) is 8.76. The average Bonchev–Trinajstić information content (AvgIpc) is 3.00. The Hall–Kier alpha value is -3.22. The van der Waals surface area contributed by atoms with Crippen LogP contribution in [0, 0.1) is 19.7 Å². The summed E-state index contributed by atoms with van der Waals surface area (Å²) in [7, 11) is 0. The van der Waals surface area contributed by atoms with Crippen LogP contribution in [-0.4, -0.2) is 25.8 Å². The fourth-order valence-electron chi connectivity index (χ4n) is 2.97. The minimum absolute atomic E-state index is 0.0572. The van der Waals surface area contributed by atoms with Gasteiger partial charge in [0.2, 0.25) is 0 Å². The van der Waals surface area contributed by atoms with E-state index in [1.807, 2.05) is 58.9 Å². The quantitative estimate of drug-likeness (QED) is 0.680. The number of benzene rings is 1. The summed E-state index contributed by atoms with van der Waals surface area (Å²) in [5.41, 5.74) is 3.32. The molecule has 2 aromatic heterocycles. The Morgan fingerprint density at radius 2 is 1.82 bits per heavy atom. The van der Waals surface area contributed by atoms with Crippen molar-refractivity contribution >= 4 is 17.6 Å². The van der Waals surface area contributed by atoms with E-state index >= 15 is 0 Å². The Labute approximate surface area is 163 Å². The summed E-state index contributed by atoms with van der Waals surface area (Å²) in [4.78, 5) is 15.5. The van der Waals surface area contributed by atoms with Crippen molar-refractivity contribution in [3.63, 3.8) is 0 Å². The predicted molar refractivity (Wildman–Crippen MR) is 106 cm³/mol. The van der Waals surface area contributed by atoms with E-state index in [0.717, 1.165) is 34.8 Å². The van der Waals surface area contributed by atoms with Gasteiger partial charge in [0.1, 0.15) is 23.0 Å². The van der Waals surface area contributed by atoms with E-state index in [2.05, 4.69) is 10.3 Å². The third-order valence-corrected chi connectivity index (χ3v) is 4.46. The van der Waals surface area contributed by atoms with Crippen molar-refractivity contribution in [3.05, 3.63) is 64.7 Å². The number of nitrogens with zero attached hydrogens (tertiary/aromatic N) is 3. The minimum atomic E-state index is -1.26. The predicted octanol–water partition coefficient (Wildman–Crippen LogP) is 4.76. The minimum Gasteiger partial charge on any atom is -0.478 e. The Balaban J connectivity index is 2.19. The number of aromatic carboxylic acids is 1. The normalized spacial score (nSPS) is 11.5. The summed E-state index contributed by atoms with van der Waals surface area (Å²) in [5.74, 6) is -1.35. The second-order valence-electron chi connectivity index (χ2n) is 7.80. The van der Waals surface area contributed by atoms with Gasteiger partial charge in [-0.2, -0.15) is 5.10 Å². The molecule has 28 heavy (non-hydrogen) atoms. The molecule has 0 spiro atoms. The van der Waals surface area contributed by atoms with Gasteiger partial charge in [-0.15, -0.1) is 0 Å². The van der Waals surface area contributed by atoms with E-state index in [1.165, 1.54) is 0 Å². The Bertz CT molecular complexity index is 1030. The molecule has 0 amide bonds. The lowest BCUT2D eigenvalue weighted by Gasteiger charge is -2.15. The molecule has 7 heteroatoms. The number of para-hydroxylation sites is 1. The molecule has 0 saturated carbocycles. The molecule has 1 aromatic carbocycles. The van der Waals surface area contributed by atoms with Crippen LogP contribution in [0.25, 0.3) is 5.69 Å². The fourth-order valence-corrected chi connectivity index (χ4v) is 2.97. The first kappa shape index (κ1) is 19.5. The van der Waals surface area contributed by atoms with Crippen LogP contribution in [0.4, 0.5) is 16.0 Å². The third-order valence-electron chi connectivity index (χ3n) is 4.46. The number of nitrogens with one attached hydrogen (secondary N) is 1. The molecule has 0 radical (unpaired) electrons. The van der Waals surface area contributed by atoms with Crippen molar-refractivity contribution in [2.75, 3.05) is 5.32 Å². The van der Waals surface area contributed by atoms with E-state index in [4.69, 9.17) is 5.10 Å². The van der Waals surface area contributed by atoms with Crippen molar-refractivity contribution < 1.29 is 14.3 Å². The molecule has 146 valence electrons. The average molecular weight is 382 g/mol. The van der Waals surface area contributed by atoms with E-state index in [0.29, 0.717) is 5.82 Å². The highest BCUT2D eigenvalue weighted by molar-refractivity contribution is 5.93. The third kappa shape index (κ3) is 3.74. The van der Waals surface area contributed by atoms with Crippen molar-refractivity contribution in [3.8, 4) is 5.69 Å². The second-order valence-corrected chi connectivity index (χ2v) is 7.80. The van der Waals surface area contributed by atoms with Gasteiger partial charge in [0.25, 0.3) is 0 Å². The zero-order chi connectivity index (χ0) is 20.6. The van der Waals surface area contributed by atoms with Crippen LogP contribution in [-0.2, 0) is 5.41 Å². The van der Waals surface area contributed by atoms with Crippen molar-refractivity contribution in [2.24, 2.45) is 0 Å². The number of aromatic nitrogens is 3. The molecule has 0 aliphatic rings. The number of carbonyl (C=O) groups is 1. The Morgan fingerprint density at radius 3 is 2.39 bits per heavy atom. The highest BCUT2D eigenvalue weighted by Gasteiger charge is 2.23. The van der Waals surface area contributed by atoms with Crippen LogP contribution < -0.4 is 5.32 Å². The van der Waals surface area contributed by atoms with E-state index in [1.54, 1.807) is 4.68 Å². The first-order valence-electron chi connectivity index (χ1n) is 8.91. The SMILES string of the molecule is Cc1cccc(C)c1-n1nc(C(C)(C)C)cc1Nc1ncc(F)cc1C(=O)O. The molecule has 0 unspecified atom stereocenters. The van der Waals surface area contributed by atoms with Crippen LogP contribution in [0.5, 0.6) is 0 Å². The number of anilines is 2. The summed E-state index contributed by atoms with van der Waals surface area (Å²) in [5, 5.41) is 17.2. The first-order chi connectivity index (χ1) is 13.1. The van der Waals surface area contributed by atoms with Crippen LogP contribution >= 0.6 is 0 Å². The van der Waals surface area contributed by atoms with E-state index in [9.17, 15) is 14.3 Å². The zero-order valence-corrected chi connectivity index (χ0v) is 16.5. The van der Waals surface area contributed by atoms with Gasteiger partial charge in [-0.25, -0.2) is 18.9 Å². The van der Waals surface area contributed by atoms with Crippen LogP contribution in [0.3, 0.4) is 0 Å². The van der Waals surface area contributed by atoms with Gasteiger partial charge in [-0.1, -0.05) is 39.0 Å². The molecular formula is C21H23FN4O2.